The van der Waals surface area contributed by atoms with E-state index in [1.165, 1.54) is 5.52 Å². The summed E-state index contributed by atoms with van der Waals surface area (Å²) in [5.41, 5.74) is 4.38. The minimum atomic E-state index is 0. The normalized spacial score (nSPS) is 11.6. The number of hydrogen-bond donors (Lipinski definition) is 2. The highest BCUT2D eigenvalue weighted by atomic mass is 127. The van der Waals surface area contributed by atoms with Crippen LogP contribution < -0.4 is 10.6 Å². The molecule has 31 heavy (non-hydrogen) atoms. The Labute approximate surface area is 200 Å². The first kappa shape index (κ1) is 23.1. The summed E-state index contributed by atoms with van der Waals surface area (Å²) >= 11 is 0. The van der Waals surface area contributed by atoms with E-state index in [-0.39, 0.29) is 24.0 Å². The quantitative estimate of drug-likeness (QED) is 0.164. The van der Waals surface area contributed by atoms with Gasteiger partial charge in [-0.3, -0.25) is 0 Å². The Morgan fingerprint density at radius 1 is 0.968 bits per heavy atom. The molecule has 0 bridgehead atoms. The second-order valence-electron chi connectivity index (χ2n) is 7.35. The molecule has 0 aliphatic heterocycles. The fourth-order valence-corrected chi connectivity index (χ4v) is 3.75. The molecule has 0 atom stereocenters. The van der Waals surface area contributed by atoms with Gasteiger partial charge < -0.3 is 19.8 Å². The average molecular weight is 531 g/mol. The van der Waals surface area contributed by atoms with Crippen molar-refractivity contribution in [3.05, 3.63) is 60.2 Å². The average Bonchev–Trinajstić information content (AvgIpc) is 3.25. The van der Waals surface area contributed by atoms with Crippen LogP contribution in [0.5, 0.6) is 0 Å². The third-order valence-corrected chi connectivity index (χ3v) is 5.30. The van der Waals surface area contributed by atoms with Crippen molar-refractivity contribution in [1.82, 2.24) is 29.7 Å². The van der Waals surface area contributed by atoms with Gasteiger partial charge in [0.05, 0.1) is 22.1 Å². The van der Waals surface area contributed by atoms with Crippen molar-refractivity contribution in [3.8, 4) is 0 Å². The number of imidazole rings is 2. The lowest BCUT2D eigenvalue weighted by atomic mass is 10.3. The lowest BCUT2D eigenvalue weighted by Crippen LogP contribution is -2.38. The van der Waals surface area contributed by atoms with Crippen LogP contribution in [0.15, 0.2) is 53.5 Å². The van der Waals surface area contributed by atoms with Crippen LogP contribution in [0.4, 0.5) is 0 Å². The number of halogens is 1. The van der Waals surface area contributed by atoms with E-state index in [1.54, 1.807) is 0 Å². The van der Waals surface area contributed by atoms with Crippen molar-refractivity contribution in [2.45, 2.75) is 33.4 Å². The maximum atomic E-state index is 4.73. The first-order chi connectivity index (χ1) is 14.7. The molecule has 0 amide bonds. The molecule has 2 aromatic carbocycles. The highest BCUT2D eigenvalue weighted by molar-refractivity contribution is 14.0. The van der Waals surface area contributed by atoms with Crippen LogP contribution in [0.3, 0.4) is 0 Å². The Balaban J connectivity index is 0.00000272. The van der Waals surface area contributed by atoms with Crippen LogP contribution in [0.2, 0.25) is 0 Å². The molecule has 4 aromatic rings. The van der Waals surface area contributed by atoms with Crippen molar-refractivity contribution in [2.24, 2.45) is 12.0 Å². The van der Waals surface area contributed by atoms with Gasteiger partial charge in [0.15, 0.2) is 5.96 Å². The molecule has 2 aromatic heterocycles. The van der Waals surface area contributed by atoms with Gasteiger partial charge in [0.2, 0.25) is 0 Å². The van der Waals surface area contributed by atoms with Crippen LogP contribution in [-0.4, -0.2) is 38.2 Å². The van der Waals surface area contributed by atoms with Crippen LogP contribution >= 0.6 is 24.0 Å². The zero-order valence-corrected chi connectivity index (χ0v) is 20.6. The molecule has 0 saturated carbocycles. The van der Waals surface area contributed by atoms with Crippen LogP contribution in [0, 0.1) is 6.92 Å². The maximum Gasteiger partial charge on any atom is 0.191 e. The second-order valence-corrected chi connectivity index (χ2v) is 7.35. The van der Waals surface area contributed by atoms with Gasteiger partial charge in [0.1, 0.15) is 18.2 Å². The molecule has 0 fully saturated rings. The van der Waals surface area contributed by atoms with E-state index >= 15 is 0 Å². The summed E-state index contributed by atoms with van der Waals surface area (Å²) < 4.78 is 4.38. The summed E-state index contributed by atoms with van der Waals surface area (Å²) in [6, 6.07) is 16.5. The third kappa shape index (κ3) is 5.17. The van der Waals surface area contributed by atoms with Crippen molar-refractivity contribution in [3.63, 3.8) is 0 Å². The number of nitrogens with one attached hydrogen (secondary N) is 2. The number of nitrogens with zero attached hydrogens (tertiary/aromatic N) is 5. The standard InChI is InChI=1S/C23H29N7.HI/c1-4-24-23(26-16-22-28-18-10-5-7-12-20(18)29(22)3)25-14-9-15-30-17(2)27-19-11-6-8-13-21(19)30;/h5-8,10-13H,4,9,14-16H2,1-3H3,(H2,24,25,26);1H. The number of aromatic nitrogens is 4. The SMILES string of the molecule is CCNC(=NCc1nc2ccccc2n1C)NCCCn1c(C)nc2ccccc21.I. The third-order valence-electron chi connectivity index (χ3n) is 5.30. The molecular formula is C23H30IN7. The zero-order chi connectivity index (χ0) is 20.9. The largest absolute Gasteiger partial charge is 0.357 e. The summed E-state index contributed by atoms with van der Waals surface area (Å²) in [6.07, 6.45) is 0.984. The first-order valence-electron chi connectivity index (χ1n) is 10.5. The molecule has 0 saturated heterocycles. The van der Waals surface area contributed by atoms with Gasteiger partial charge in [-0.15, -0.1) is 24.0 Å². The van der Waals surface area contributed by atoms with E-state index < -0.39 is 0 Å². The predicted molar refractivity (Wildman–Crippen MR) is 138 cm³/mol. The molecule has 7 nitrogen and oxygen atoms in total. The van der Waals surface area contributed by atoms with E-state index in [0.29, 0.717) is 6.54 Å². The van der Waals surface area contributed by atoms with Gasteiger partial charge in [-0.25, -0.2) is 15.0 Å². The summed E-state index contributed by atoms with van der Waals surface area (Å²) in [7, 11) is 2.04. The Bertz CT molecular complexity index is 1180. The minimum absolute atomic E-state index is 0. The number of benzene rings is 2. The predicted octanol–water partition coefficient (Wildman–Crippen LogP) is 3.99. The summed E-state index contributed by atoms with van der Waals surface area (Å²) in [5, 5.41) is 6.77. The number of para-hydroxylation sites is 4. The lowest BCUT2D eigenvalue weighted by molar-refractivity contribution is 0.624. The van der Waals surface area contributed by atoms with Gasteiger partial charge in [0, 0.05) is 26.7 Å². The molecular weight excluding hydrogens is 501 g/mol. The number of aliphatic imine (C=N–C) groups is 1. The van der Waals surface area contributed by atoms with E-state index in [0.717, 1.165) is 60.2 Å². The van der Waals surface area contributed by atoms with Gasteiger partial charge >= 0.3 is 0 Å². The molecule has 0 spiro atoms. The number of guanidine groups is 1. The van der Waals surface area contributed by atoms with Crippen molar-refractivity contribution in [1.29, 1.82) is 0 Å². The van der Waals surface area contributed by atoms with Gasteiger partial charge in [-0.05, 0) is 44.5 Å². The molecule has 8 heteroatoms. The topological polar surface area (TPSA) is 72.1 Å². The van der Waals surface area contributed by atoms with Crippen molar-refractivity contribution in [2.75, 3.05) is 13.1 Å². The minimum Gasteiger partial charge on any atom is -0.357 e. The van der Waals surface area contributed by atoms with Crippen molar-refractivity contribution >= 4 is 52.0 Å². The van der Waals surface area contributed by atoms with Gasteiger partial charge in [0.25, 0.3) is 0 Å². The van der Waals surface area contributed by atoms with Crippen LogP contribution in [0.25, 0.3) is 22.1 Å². The fraction of sp³-hybridized carbons (Fsp3) is 0.348. The number of aryl methyl sites for hydroxylation is 3. The highest BCUT2D eigenvalue weighted by Crippen LogP contribution is 2.16. The second kappa shape index (κ2) is 10.6. The smallest absolute Gasteiger partial charge is 0.191 e. The molecule has 2 heterocycles. The molecule has 0 aliphatic carbocycles. The Morgan fingerprint density at radius 2 is 1.65 bits per heavy atom. The Kier molecular flexibility index (Phi) is 7.89. The van der Waals surface area contributed by atoms with Gasteiger partial charge in [-0.1, -0.05) is 24.3 Å². The number of rotatable bonds is 7. The van der Waals surface area contributed by atoms with Gasteiger partial charge in [-0.2, -0.15) is 0 Å². The maximum absolute atomic E-state index is 4.73. The summed E-state index contributed by atoms with van der Waals surface area (Å²) in [6.45, 7) is 7.25. The molecule has 2 N–H and O–H groups in total. The highest BCUT2D eigenvalue weighted by Gasteiger charge is 2.08. The monoisotopic (exact) mass is 531 g/mol. The van der Waals surface area contributed by atoms with E-state index in [9.17, 15) is 0 Å². The molecule has 0 aliphatic rings. The summed E-state index contributed by atoms with van der Waals surface area (Å²) in [4.78, 5) is 14.1. The molecule has 164 valence electrons. The number of hydrogen-bond acceptors (Lipinski definition) is 3. The number of fused-ring (bicyclic) bond motifs is 2. The molecule has 0 radical (unpaired) electrons. The van der Waals surface area contributed by atoms with Crippen molar-refractivity contribution < 1.29 is 0 Å². The van der Waals surface area contributed by atoms with Crippen LogP contribution in [0.1, 0.15) is 25.0 Å². The Morgan fingerprint density at radius 3 is 2.35 bits per heavy atom. The fourth-order valence-electron chi connectivity index (χ4n) is 3.75. The molecule has 4 rings (SSSR count). The zero-order valence-electron chi connectivity index (χ0n) is 18.3. The Hall–Kier alpha value is -2.62. The summed E-state index contributed by atoms with van der Waals surface area (Å²) in [5.74, 6) is 2.82. The van der Waals surface area contributed by atoms with E-state index in [1.807, 2.05) is 31.3 Å². The lowest BCUT2D eigenvalue weighted by Gasteiger charge is -2.12. The van der Waals surface area contributed by atoms with E-state index in [2.05, 4.69) is 62.9 Å². The van der Waals surface area contributed by atoms with Crippen LogP contribution in [-0.2, 0) is 20.1 Å². The van der Waals surface area contributed by atoms with E-state index in [4.69, 9.17) is 9.98 Å². The molecule has 0 unspecified atom stereocenters. The first-order valence-corrected chi connectivity index (χ1v) is 10.5.